The quantitative estimate of drug-likeness (QED) is 0.413. The zero-order chi connectivity index (χ0) is 23.2. The summed E-state index contributed by atoms with van der Waals surface area (Å²) in [6, 6.07) is 15.9. The van der Waals surface area contributed by atoms with E-state index in [1.54, 1.807) is 18.2 Å². The molecule has 0 atom stereocenters. The number of ketones is 1. The third-order valence-electron chi connectivity index (χ3n) is 6.62. The molecule has 2 heterocycles. The summed E-state index contributed by atoms with van der Waals surface area (Å²) in [5.41, 5.74) is 5.08. The van der Waals surface area contributed by atoms with E-state index in [1.807, 2.05) is 24.3 Å². The van der Waals surface area contributed by atoms with E-state index in [0.717, 1.165) is 43.1 Å². The SMILES string of the molecule is O=C1c2ccccc2-c2onc3c(N4CCN(c5ccc(F)cc5)CC4)cc(NCCO)c1c23. The lowest BCUT2D eigenvalue weighted by Crippen LogP contribution is -2.46. The monoisotopic (exact) mass is 458 g/mol. The molecule has 1 aromatic heterocycles. The second-order valence-corrected chi connectivity index (χ2v) is 8.53. The predicted molar refractivity (Wildman–Crippen MR) is 129 cm³/mol. The van der Waals surface area contributed by atoms with Gasteiger partial charge in [-0.15, -0.1) is 0 Å². The van der Waals surface area contributed by atoms with Crippen molar-refractivity contribution >= 4 is 33.7 Å². The van der Waals surface area contributed by atoms with Crippen molar-refractivity contribution in [3.63, 3.8) is 0 Å². The number of rotatable bonds is 5. The summed E-state index contributed by atoms with van der Waals surface area (Å²) in [6.07, 6.45) is 0. The minimum Gasteiger partial charge on any atom is -0.395 e. The molecule has 6 rings (SSSR count). The van der Waals surface area contributed by atoms with Gasteiger partial charge in [-0.2, -0.15) is 0 Å². The number of hydrogen-bond acceptors (Lipinski definition) is 7. The van der Waals surface area contributed by atoms with Crippen LogP contribution in [-0.2, 0) is 0 Å². The highest BCUT2D eigenvalue weighted by Crippen LogP contribution is 2.45. The van der Waals surface area contributed by atoms with Gasteiger partial charge in [0.1, 0.15) is 11.3 Å². The molecular formula is C26H23FN4O3. The second-order valence-electron chi connectivity index (χ2n) is 8.53. The van der Waals surface area contributed by atoms with Gasteiger partial charge in [-0.1, -0.05) is 29.4 Å². The third kappa shape index (κ3) is 3.21. The van der Waals surface area contributed by atoms with Crippen molar-refractivity contribution in [3.8, 4) is 11.3 Å². The number of nitrogens with zero attached hydrogens (tertiary/aromatic N) is 3. The first-order chi connectivity index (χ1) is 16.7. The molecule has 0 spiro atoms. The van der Waals surface area contributed by atoms with Crippen molar-refractivity contribution in [2.24, 2.45) is 0 Å². The molecule has 3 aromatic carbocycles. The maximum atomic E-state index is 13.5. The fourth-order valence-electron chi connectivity index (χ4n) is 4.97. The number of nitrogens with one attached hydrogen (secondary N) is 1. The Bertz CT molecular complexity index is 1390. The Morgan fingerprint density at radius 2 is 1.71 bits per heavy atom. The van der Waals surface area contributed by atoms with E-state index in [9.17, 15) is 14.3 Å². The van der Waals surface area contributed by atoms with Crippen LogP contribution in [0, 0.1) is 5.82 Å². The molecular weight excluding hydrogens is 435 g/mol. The largest absolute Gasteiger partial charge is 0.395 e. The highest BCUT2D eigenvalue weighted by molar-refractivity contribution is 6.28. The molecule has 0 amide bonds. The lowest BCUT2D eigenvalue weighted by molar-refractivity contribution is 0.104. The number of halogens is 1. The van der Waals surface area contributed by atoms with Crippen LogP contribution in [0.1, 0.15) is 15.9 Å². The number of anilines is 3. The zero-order valence-electron chi connectivity index (χ0n) is 18.4. The van der Waals surface area contributed by atoms with Gasteiger partial charge in [0.25, 0.3) is 0 Å². The third-order valence-corrected chi connectivity index (χ3v) is 6.62. The fourth-order valence-corrected chi connectivity index (χ4v) is 4.97. The summed E-state index contributed by atoms with van der Waals surface area (Å²) in [5, 5.41) is 17.8. The highest BCUT2D eigenvalue weighted by atomic mass is 19.1. The zero-order valence-corrected chi connectivity index (χ0v) is 18.4. The van der Waals surface area contributed by atoms with Crippen molar-refractivity contribution < 1.29 is 18.8 Å². The first kappa shape index (κ1) is 20.7. The van der Waals surface area contributed by atoms with Crippen molar-refractivity contribution in [3.05, 3.63) is 71.5 Å². The van der Waals surface area contributed by atoms with E-state index in [4.69, 9.17) is 4.52 Å². The minimum absolute atomic E-state index is 0.0512. The summed E-state index contributed by atoms with van der Waals surface area (Å²) < 4.78 is 19.1. The Kier molecular flexibility index (Phi) is 4.95. The van der Waals surface area contributed by atoms with Crippen LogP contribution in [0.2, 0.25) is 0 Å². The summed E-state index contributed by atoms with van der Waals surface area (Å²) in [5.74, 6) is 0.274. The van der Waals surface area contributed by atoms with Crippen LogP contribution in [0.5, 0.6) is 0 Å². The average Bonchev–Trinajstić information content (AvgIpc) is 3.32. The van der Waals surface area contributed by atoms with Gasteiger partial charge in [0, 0.05) is 55.2 Å². The van der Waals surface area contributed by atoms with Crippen LogP contribution in [0.25, 0.3) is 22.2 Å². The molecule has 1 aliphatic carbocycles. The van der Waals surface area contributed by atoms with Gasteiger partial charge in [0.15, 0.2) is 11.5 Å². The smallest absolute Gasteiger partial charge is 0.196 e. The normalized spacial score (nSPS) is 15.1. The molecule has 2 aliphatic rings. The second kappa shape index (κ2) is 8.14. The maximum Gasteiger partial charge on any atom is 0.196 e. The molecule has 7 nitrogen and oxygen atoms in total. The van der Waals surface area contributed by atoms with E-state index < -0.39 is 0 Å². The standard InChI is InChI=1S/C26H23FN4O3/c27-16-5-7-17(8-6-16)30-10-12-31(13-11-30)21-15-20(28-9-14-32)22-23-24(21)29-34-26(23)19-4-2-1-3-18(19)25(22)33/h1-8,15,28,32H,9-14H2. The lowest BCUT2D eigenvalue weighted by Gasteiger charge is -2.37. The number of piperazine rings is 1. The molecule has 4 aromatic rings. The Morgan fingerprint density at radius 3 is 2.44 bits per heavy atom. The maximum absolute atomic E-state index is 13.5. The highest BCUT2D eigenvalue weighted by Gasteiger charge is 2.34. The number of fused-ring (bicyclic) bond motifs is 2. The van der Waals surface area contributed by atoms with Crippen molar-refractivity contribution in [2.45, 2.75) is 0 Å². The van der Waals surface area contributed by atoms with E-state index in [0.29, 0.717) is 40.0 Å². The van der Waals surface area contributed by atoms with Gasteiger partial charge in [-0.25, -0.2) is 4.39 Å². The molecule has 0 saturated carbocycles. The number of benzene rings is 3. The number of carbonyl (C=O) groups is 1. The molecule has 8 heteroatoms. The molecule has 0 unspecified atom stereocenters. The van der Waals surface area contributed by atoms with Crippen LogP contribution in [-0.4, -0.2) is 55.4 Å². The minimum atomic E-state index is -0.243. The fraction of sp³-hybridized carbons (Fsp3) is 0.231. The Labute approximate surface area is 195 Å². The number of aromatic nitrogens is 1. The lowest BCUT2D eigenvalue weighted by atomic mass is 9.86. The topological polar surface area (TPSA) is 81.8 Å². The predicted octanol–water partition coefficient (Wildman–Crippen LogP) is 3.91. The summed E-state index contributed by atoms with van der Waals surface area (Å²) in [6.45, 7) is 3.27. The van der Waals surface area contributed by atoms with Gasteiger partial charge in [-0.05, 0) is 30.3 Å². The number of aliphatic hydroxyl groups is 1. The van der Waals surface area contributed by atoms with E-state index >= 15 is 0 Å². The summed E-state index contributed by atoms with van der Waals surface area (Å²) in [7, 11) is 0. The van der Waals surface area contributed by atoms with Crippen molar-refractivity contribution in [1.82, 2.24) is 5.16 Å². The van der Waals surface area contributed by atoms with Gasteiger partial charge in [0.05, 0.1) is 23.2 Å². The number of aliphatic hydroxyl groups excluding tert-OH is 1. The Morgan fingerprint density at radius 1 is 1.00 bits per heavy atom. The molecule has 0 radical (unpaired) electrons. The van der Waals surface area contributed by atoms with Gasteiger partial charge < -0.3 is 24.7 Å². The molecule has 34 heavy (non-hydrogen) atoms. The first-order valence-corrected chi connectivity index (χ1v) is 11.4. The Hall–Kier alpha value is -3.91. The molecule has 1 fully saturated rings. The van der Waals surface area contributed by atoms with Gasteiger partial charge in [0.2, 0.25) is 0 Å². The number of carbonyl (C=O) groups excluding carboxylic acids is 1. The summed E-state index contributed by atoms with van der Waals surface area (Å²) >= 11 is 0. The molecule has 2 N–H and O–H groups in total. The molecule has 0 bridgehead atoms. The Balaban J connectivity index is 1.41. The molecule has 1 aliphatic heterocycles. The van der Waals surface area contributed by atoms with Crippen molar-refractivity contribution in [1.29, 1.82) is 0 Å². The van der Waals surface area contributed by atoms with Crippen molar-refractivity contribution in [2.75, 3.05) is 54.4 Å². The van der Waals surface area contributed by atoms with Crippen LogP contribution in [0.15, 0.2) is 59.1 Å². The van der Waals surface area contributed by atoms with Gasteiger partial charge in [-0.3, -0.25) is 4.79 Å². The van der Waals surface area contributed by atoms with Crippen LogP contribution in [0.4, 0.5) is 21.5 Å². The van der Waals surface area contributed by atoms with E-state index in [1.165, 1.54) is 12.1 Å². The molecule has 172 valence electrons. The number of hydrogen-bond donors (Lipinski definition) is 2. The molecule has 1 saturated heterocycles. The van der Waals surface area contributed by atoms with Crippen LogP contribution in [0.3, 0.4) is 0 Å². The van der Waals surface area contributed by atoms with E-state index in [-0.39, 0.29) is 18.2 Å². The van der Waals surface area contributed by atoms with Gasteiger partial charge >= 0.3 is 0 Å². The first-order valence-electron chi connectivity index (χ1n) is 11.4. The van der Waals surface area contributed by atoms with E-state index in [2.05, 4.69) is 20.3 Å². The average molecular weight is 458 g/mol. The summed E-state index contributed by atoms with van der Waals surface area (Å²) in [4.78, 5) is 17.9. The van der Waals surface area contributed by atoms with Crippen LogP contribution >= 0.6 is 0 Å². The van der Waals surface area contributed by atoms with Crippen LogP contribution < -0.4 is 15.1 Å².